The van der Waals surface area contributed by atoms with E-state index in [1.807, 2.05) is 60.7 Å². The molecule has 0 radical (unpaired) electrons. The number of hydrogen-bond acceptors (Lipinski definition) is 8. The summed E-state index contributed by atoms with van der Waals surface area (Å²) < 4.78 is 10.9. The SMILES string of the molecule is O=C(Nc1cccc(C#Cc2cccc(NC(=O)[C@@H]3CCCN3C(=O)OCc3ccccc3)n2)n1)[C@@H]1CCCN1C(=O)OCc1ccccc1. The number of carbonyl (C=O) groups excluding carboxylic acids is 4. The minimum absolute atomic E-state index is 0.127. The van der Waals surface area contributed by atoms with Gasteiger partial charge in [0, 0.05) is 13.1 Å². The minimum atomic E-state index is -0.673. The first kappa shape index (κ1) is 33.7. The summed E-state index contributed by atoms with van der Waals surface area (Å²) in [7, 11) is 0. The van der Waals surface area contributed by atoms with E-state index in [-0.39, 0.29) is 25.0 Å². The number of rotatable bonds is 8. The maximum absolute atomic E-state index is 13.2. The van der Waals surface area contributed by atoms with Gasteiger partial charge in [0.2, 0.25) is 11.8 Å². The van der Waals surface area contributed by atoms with Gasteiger partial charge in [-0.15, -0.1) is 0 Å². The van der Waals surface area contributed by atoms with Crippen molar-refractivity contribution in [2.24, 2.45) is 0 Å². The van der Waals surface area contributed by atoms with Gasteiger partial charge in [-0.25, -0.2) is 19.6 Å². The van der Waals surface area contributed by atoms with Crippen molar-refractivity contribution in [3.63, 3.8) is 0 Å². The number of anilines is 2. The first-order chi connectivity index (χ1) is 24.4. The summed E-state index contributed by atoms with van der Waals surface area (Å²) in [4.78, 5) is 63.6. The van der Waals surface area contributed by atoms with Crippen LogP contribution in [0, 0.1) is 11.8 Å². The lowest BCUT2D eigenvalue weighted by Crippen LogP contribution is -2.43. The van der Waals surface area contributed by atoms with E-state index in [1.54, 1.807) is 36.4 Å². The molecule has 254 valence electrons. The van der Waals surface area contributed by atoms with Crippen LogP contribution in [-0.4, -0.2) is 68.9 Å². The van der Waals surface area contributed by atoms with E-state index in [0.717, 1.165) is 11.1 Å². The van der Waals surface area contributed by atoms with Crippen LogP contribution in [0.5, 0.6) is 0 Å². The third-order valence-electron chi connectivity index (χ3n) is 8.31. The first-order valence-corrected chi connectivity index (χ1v) is 16.5. The Labute approximate surface area is 289 Å². The van der Waals surface area contributed by atoms with Crippen LogP contribution >= 0.6 is 0 Å². The highest BCUT2D eigenvalue weighted by Crippen LogP contribution is 2.22. The molecule has 2 aliphatic rings. The molecular weight excluding hydrogens is 636 g/mol. The molecule has 0 aliphatic carbocycles. The van der Waals surface area contributed by atoms with Crippen molar-refractivity contribution in [2.45, 2.75) is 51.0 Å². The van der Waals surface area contributed by atoms with Crippen molar-refractivity contribution in [3.05, 3.63) is 120 Å². The highest BCUT2D eigenvalue weighted by molar-refractivity contribution is 5.97. The number of ether oxygens (including phenoxy) is 2. The fraction of sp³-hybridized carbons (Fsp3) is 0.263. The Morgan fingerprint density at radius 2 is 1.02 bits per heavy atom. The van der Waals surface area contributed by atoms with Gasteiger partial charge in [-0.05, 0) is 72.9 Å². The standard InChI is InChI=1S/C38H36N6O6/c45-35(31-17-9-23-43(31)37(47)49-25-27-11-3-1-4-12-27)41-33-19-7-15-29(39-33)21-22-30-16-8-20-34(40-30)42-36(46)32-18-10-24-44(32)38(48)50-26-28-13-5-2-6-14-28/h1-8,11-16,19-20,31-32H,9-10,17-18,23-26H2,(H,39,41,45)(H,40,42,46)/t31-,32-/m0/s1. The van der Waals surface area contributed by atoms with E-state index in [2.05, 4.69) is 32.4 Å². The number of likely N-dealkylation sites (tertiary alicyclic amines) is 2. The molecule has 0 spiro atoms. The first-order valence-electron chi connectivity index (χ1n) is 16.5. The average Bonchev–Trinajstić information content (AvgIpc) is 3.85. The van der Waals surface area contributed by atoms with Crippen molar-refractivity contribution in [1.82, 2.24) is 19.8 Å². The van der Waals surface area contributed by atoms with Gasteiger partial charge in [-0.1, -0.05) is 72.8 Å². The molecule has 2 aromatic heterocycles. The molecule has 4 heterocycles. The smallest absolute Gasteiger partial charge is 0.410 e. The average molecular weight is 673 g/mol. The lowest BCUT2D eigenvalue weighted by Gasteiger charge is -2.23. The Bertz CT molecular complexity index is 1760. The molecule has 0 bridgehead atoms. The summed E-state index contributed by atoms with van der Waals surface area (Å²) in [6.07, 6.45) is 1.33. The Morgan fingerprint density at radius 3 is 1.44 bits per heavy atom. The second-order valence-electron chi connectivity index (χ2n) is 11.8. The van der Waals surface area contributed by atoms with Crippen molar-refractivity contribution in [3.8, 4) is 11.8 Å². The van der Waals surface area contributed by atoms with E-state index < -0.39 is 24.3 Å². The molecule has 2 aromatic carbocycles. The predicted molar refractivity (Wildman–Crippen MR) is 184 cm³/mol. The zero-order valence-corrected chi connectivity index (χ0v) is 27.3. The summed E-state index contributed by atoms with van der Waals surface area (Å²) in [6.45, 7) is 1.11. The Balaban J connectivity index is 1.03. The Hall–Kier alpha value is -6.22. The largest absolute Gasteiger partial charge is 0.445 e. The molecule has 6 rings (SSSR count). The molecule has 2 aliphatic heterocycles. The number of benzene rings is 2. The summed E-state index contributed by atoms with van der Waals surface area (Å²) in [5.41, 5.74) is 2.51. The van der Waals surface area contributed by atoms with Gasteiger partial charge in [0.05, 0.1) is 0 Å². The topological polar surface area (TPSA) is 143 Å². The maximum Gasteiger partial charge on any atom is 0.410 e. The number of nitrogens with zero attached hydrogens (tertiary/aromatic N) is 4. The monoisotopic (exact) mass is 672 g/mol. The molecule has 0 saturated carbocycles. The van der Waals surface area contributed by atoms with Gasteiger partial charge in [0.1, 0.15) is 48.3 Å². The van der Waals surface area contributed by atoms with E-state index >= 15 is 0 Å². The van der Waals surface area contributed by atoms with Crippen LogP contribution in [0.15, 0.2) is 97.1 Å². The maximum atomic E-state index is 13.2. The van der Waals surface area contributed by atoms with Crippen LogP contribution in [0.1, 0.15) is 48.2 Å². The van der Waals surface area contributed by atoms with Gasteiger partial charge >= 0.3 is 12.2 Å². The third-order valence-corrected chi connectivity index (χ3v) is 8.31. The number of amides is 4. The summed E-state index contributed by atoms with van der Waals surface area (Å²) in [6, 6.07) is 27.5. The number of pyridine rings is 2. The molecule has 12 heteroatoms. The van der Waals surface area contributed by atoms with Gasteiger partial charge < -0.3 is 20.1 Å². The molecule has 4 aromatic rings. The van der Waals surface area contributed by atoms with Gasteiger partial charge in [0.15, 0.2) is 0 Å². The zero-order valence-electron chi connectivity index (χ0n) is 27.3. The predicted octanol–water partition coefficient (Wildman–Crippen LogP) is 5.36. The third kappa shape index (κ3) is 8.82. The molecule has 2 fully saturated rings. The van der Waals surface area contributed by atoms with Crippen molar-refractivity contribution >= 4 is 35.6 Å². The summed E-state index contributed by atoms with van der Waals surface area (Å²) in [5.74, 6) is 5.78. The van der Waals surface area contributed by atoms with E-state index in [9.17, 15) is 19.2 Å². The summed E-state index contributed by atoms with van der Waals surface area (Å²) >= 11 is 0. The lowest BCUT2D eigenvalue weighted by molar-refractivity contribution is -0.120. The van der Waals surface area contributed by atoms with E-state index in [4.69, 9.17) is 9.47 Å². The second kappa shape index (κ2) is 16.3. The quantitative estimate of drug-likeness (QED) is 0.239. The molecule has 2 atom stereocenters. The lowest BCUT2D eigenvalue weighted by atomic mass is 10.2. The number of carbonyl (C=O) groups is 4. The molecule has 50 heavy (non-hydrogen) atoms. The van der Waals surface area contributed by atoms with Crippen LogP contribution in [0.3, 0.4) is 0 Å². The molecule has 4 amide bonds. The highest BCUT2D eigenvalue weighted by Gasteiger charge is 2.36. The Kier molecular flexibility index (Phi) is 10.9. The van der Waals surface area contributed by atoms with Crippen molar-refractivity contribution < 1.29 is 28.7 Å². The fourth-order valence-corrected chi connectivity index (χ4v) is 5.82. The normalized spacial score (nSPS) is 16.6. The van der Waals surface area contributed by atoms with Crippen LogP contribution < -0.4 is 10.6 Å². The zero-order chi connectivity index (χ0) is 34.7. The van der Waals surface area contributed by atoms with E-state index in [0.29, 0.717) is 61.8 Å². The van der Waals surface area contributed by atoms with Crippen molar-refractivity contribution in [1.29, 1.82) is 0 Å². The number of hydrogen-bond donors (Lipinski definition) is 2. The fourth-order valence-electron chi connectivity index (χ4n) is 5.82. The van der Waals surface area contributed by atoms with E-state index in [1.165, 1.54) is 9.80 Å². The van der Waals surface area contributed by atoms with Crippen LogP contribution in [0.25, 0.3) is 0 Å². The second-order valence-corrected chi connectivity index (χ2v) is 11.8. The van der Waals surface area contributed by atoms with Crippen LogP contribution in [0.2, 0.25) is 0 Å². The number of nitrogens with one attached hydrogen (secondary N) is 2. The molecular formula is C38H36N6O6. The Morgan fingerprint density at radius 1 is 0.600 bits per heavy atom. The van der Waals surface area contributed by atoms with Crippen LogP contribution in [0.4, 0.5) is 21.2 Å². The van der Waals surface area contributed by atoms with Crippen LogP contribution in [-0.2, 0) is 32.3 Å². The van der Waals surface area contributed by atoms with Gasteiger partial charge in [-0.2, -0.15) is 0 Å². The highest BCUT2D eigenvalue weighted by atomic mass is 16.6. The van der Waals surface area contributed by atoms with Gasteiger partial charge in [0.25, 0.3) is 0 Å². The molecule has 0 unspecified atom stereocenters. The summed E-state index contributed by atoms with van der Waals surface area (Å²) in [5, 5.41) is 5.60. The minimum Gasteiger partial charge on any atom is -0.445 e. The molecule has 2 saturated heterocycles. The number of aromatic nitrogens is 2. The molecule has 2 N–H and O–H groups in total. The van der Waals surface area contributed by atoms with Gasteiger partial charge in [-0.3, -0.25) is 19.4 Å². The van der Waals surface area contributed by atoms with Crippen molar-refractivity contribution in [2.75, 3.05) is 23.7 Å². The molecule has 12 nitrogen and oxygen atoms in total.